The maximum absolute atomic E-state index is 12.3. The predicted octanol–water partition coefficient (Wildman–Crippen LogP) is 2.17. The van der Waals surface area contributed by atoms with Crippen LogP contribution in [0.4, 0.5) is 0 Å². The van der Waals surface area contributed by atoms with Gasteiger partial charge in [-0.3, -0.25) is 4.79 Å². The van der Waals surface area contributed by atoms with Crippen LogP contribution in [0.5, 0.6) is 5.88 Å². The third kappa shape index (κ3) is 3.27. The second-order valence-corrected chi connectivity index (χ2v) is 5.52. The Balaban J connectivity index is 1.66. The number of ether oxygens (including phenoxy) is 1. The number of carbonyl (C=O) groups excluding carboxylic acids is 1. The zero-order chi connectivity index (χ0) is 15.5. The Hall–Kier alpha value is -2.37. The SMILES string of the molecule is Cc1nccc(OC2CCC(c3ccnc(C)n3)CC2=O)n1. The molecule has 0 N–H and O–H groups in total. The second kappa shape index (κ2) is 6.17. The number of aryl methyl sites for hydroxylation is 2. The molecule has 0 spiro atoms. The summed E-state index contributed by atoms with van der Waals surface area (Å²) in [7, 11) is 0. The third-order valence-corrected chi connectivity index (χ3v) is 3.81. The Bertz CT molecular complexity index is 689. The van der Waals surface area contributed by atoms with Gasteiger partial charge in [-0.2, -0.15) is 4.98 Å². The summed E-state index contributed by atoms with van der Waals surface area (Å²) in [5.74, 6) is 2.09. The molecule has 2 aromatic rings. The van der Waals surface area contributed by atoms with Crippen molar-refractivity contribution < 1.29 is 9.53 Å². The Morgan fingerprint density at radius 3 is 2.45 bits per heavy atom. The highest BCUT2D eigenvalue weighted by molar-refractivity contribution is 5.84. The maximum atomic E-state index is 12.3. The molecule has 6 nitrogen and oxygen atoms in total. The molecule has 2 heterocycles. The van der Waals surface area contributed by atoms with Gasteiger partial charge in [0.25, 0.3) is 0 Å². The van der Waals surface area contributed by atoms with Gasteiger partial charge < -0.3 is 4.74 Å². The highest BCUT2D eigenvalue weighted by Crippen LogP contribution is 2.31. The molecule has 2 unspecified atom stereocenters. The summed E-state index contributed by atoms with van der Waals surface area (Å²) in [6.45, 7) is 3.65. The number of rotatable bonds is 3. The molecule has 2 atom stereocenters. The molecule has 3 rings (SSSR count). The summed E-state index contributed by atoms with van der Waals surface area (Å²) in [5.41, 5.74) is 0.942. The number of aromatic nitrogens is 4. The third-order valence-electron chi connectivity index (χ3n) is 3.81. The Morgan fingerprint density at radius 1 is 1.05 bits per heavy atom. The molecule has 0 amide bonds. The molecule has 0 aliphatic heterocycles. The zero-order valence-corrected chi connectivity index (χ0v) is 12.7. The van der Waals surface area contributed by atoms with Crippen LogP contribution in [-0.2, 0) is 4.79 Å². The fraction of sp³-hybridized carbons (Fsp3) is 0.438. The van der Waals surface area contributed by atoms with Crippen molar-refractivity contribution in [2.75, 3.05) is 0 Å². The van der Waals surface area contributed by atoms with Gasteiger partial charge in [0.1, 0.15) is 11.6 Å². The fourth-order valence-electron chi connectivity index (χ4n) is 2.71. The van der Waals surface area contributed by atoms with Crippen molar-refractivity contribution in [1.82, 2.24) is 19.9 Å². The van der Waals surface area contributed by atoms with Crippen molar-refractivity contribution in [3.63, 3.8) is 0 Å². The molecule has 1 aliphatic rings. The molecule has 1 fully saturated rings. The summed E-state index contributed by atoms with van der Waals surface area (Å²) in [6, 6.07) is 3.57. The molecule has 0 radical (unpaired) electrons. The first-order valence-electron chi connectivity index (χ1n) is 7.40. The van der Waals surface area contributed by atoms with E-state index in [4.69, 9.17) is 4.74 Å². The van der Waals surface area contributed by atoms with E-state index in [9.17, 15) is 4.79 Å². The monoisotopic (exact) mass is 298 g/mol. The first kappa shape index (κ1) is 14.6. The van der Waals surface area contributed by atoms with Crippen LogP contribution in [-0.4, -0.2) is 31.8 Å². The summed E-state index contributed by atoms with van der Waals surface area (Å²) in [5, 5.41) is 0. The van der Waals surface area contributed by atoms with Crippen molar-refractivity contribution in [1.29, 1.82) is 0 Å². The van der Waals surface area contributed by atoms with Crippen molar-refractivity contribution >= 4 is 5.78 Å². The summed E-state index contributed by atoms with van der Waals surface area (Å²) in [6.07, 6.45) is 4.96. The fourth-order valence-corrected chi connectivity index (χ4v) is 2.71. The quantitative estimate of drug-likeness (QED) is 0.864. The van der Waals surface area contributed by atoms with Crippen molar-refractivity contribution in [3.05, 3.63) is 41.9 Å². The van der Waals surface area contributed by atoms with Crippen molar-refractivity contribution in [3.8, 4) is 5.88 Å². The zero-order valence-electron chi connectivity index (χ0n) is 12.7. The van der Waals surface area contributed by atoms with Gasteiger partial charge in [-0.1, -0.05) is 0 Å². The minimum Gasteiger partial charge on any atom is -0.466 e. The normalized spacial score (nSPS) is 21.6. The van der Waals surface area contributed by atoms with Crippen LogP contribution in [0.1, 0.15) is 42.5 Å². The van der Waals surface area contributed by atoms with E-state index in [2.05, 4.69) is 19.9 Å². The van der Waals surface area contributed by atoms with Crippen LogP contribution >= 0.6 is 0 Å². The minimum absolute atomic E-state index is 0.101. The second-order valence-electron chi connectivity index (χ2n) is 5.52. The lowest BCUT2D eigenvalue weighted by Crippen LogP contribution is -2.34. The van der Waals surface area contributed by atoms with E-state index in [1.54, 1.807) is 25.4 Å². The smallest absolute Gasteiger partial charge is 0.217 e. The molecule has 2 aromatic heterocycles. The largest absolute Gasteiger partial charge is 0.466 e. The standard InChI is InChI=1S/C16H18N4O2/c1-10-17-7-5-13(19-10)12-3-4-15(14(21)9-12)22-16-6-8-18-11(2)20-16/h5-8,12,15H,3-4,9H2,1-2H3. The number of hydrogen-bond acceptors (Lipinski definition) is 6. The van der Waals surface area contributed by atoms with E-state index in [-0.39, 0.29) is 11.7 Å². The van der Waals surface area contributed by atoms with Gasteiger partial charge >= 0.3 is 0 Å². The lowest BCUT2D eigenvalue weighted by atomic mass is 9.84. The van der Waals surface area contributed by atoms with E-state index in [0.717, 1.165) is 17.9 Å². The Labute approximate surface area is 129 Å². The molecular weight excluding hydrogens is 280 g/mol. The number of nitrogens with zero attached hydrogens (tertiary/aromatic N) is 4. The Kier molecular flexibility index (Phi) is 4.09. The van der Waals surface area contributed by atoms with Crippen LogP contribution in [0.2, 0.25) is 0 Å². The number of carbonyl (C=O) groups is 1. The lowest BCUT2D eigenvalue weighted by molar-refractivity contribution is -0.128. The van der Waals surface area contributed by atoms with Gasteiger partial charge in [-0.25, -0.2) is 15.0 Å². The molecule has 6 heteroatoms. The highest BCUT2D eigenvalue weighted by atomic mass is 16.5. The van der Waals surface area contributed by atoms with Gasteiger partial charge in [0, 0.05) is 36.5 Å². The highest BCUT2D eigenvalue weighted by Gasteiger charge is 2.31. The van der Waals surface area contributed by atoms with Crippen LogP contribution in [0, 0.1) is 13.8 Å². The molecule has 0 aromatic carbocycles. The molecule has 0 bridgehead atoms. The first-order valence-corrected chi connectivity index (χ1v) is 7.40. The molecule has 0 saturated heterocycles. The van der Waals surface area contributed by atoms with E-state index in [0.29, 0.717) is 24.5 Å². The van der Waals surface area contributed by atoms with Gasteiger partial charge in [0.15, 0.2) is 11.9 Å². The number of ketones is 1. The Morgan fingerprint density at radius 2 is 1.77 bits per heavy atom. The van der Waals surface area contributed by atoms with Crippen LogP contribution in [0.3, 0.4) is 0 Å². The van der Waals surface area contributed by atoms with Crippen LogP contribution in [0.15, 0.2) is 24.5 Å². The topological polar surface area (TPSA) is 77.9 Å². The molecule has 1 aliphatic carbocycles. The first-order chi connectivity index (χ1) is 10.6. The molecule has 22 heavy (non-hydrogen) atoms. The maximum Gasteiger partial charge on any atom is 0.217 e. The molecule has 1 saturated carbocycles. The molecular formula is C16H18N4O2. The van der Waals surface area contributed by atoms with E-state index in [1.807, 2.05) is 13.0 Å². The van der Waals surface area contributed by atoms with Crippen molar-refractivity contribution in [2.45, 2.75) is 45.1 Å². The number of Topliss-reactive ketones (excluding diaryl/α,β-unsaturated/α-hetero) is 1. The van der Waals surface area contributed by atoms with Gasteiger partial charge in [0.05, 0.1) is 0 Å². The average molecular weight is 298 g/mol. The van der Waals surface area contributed by atoms with E-state index < -0.39 is 6.10 Å². The minimum atomic E-state index is -0.423. The van der Waals surface area contributed by atoms with Gasteiger partial charge in [-0.15, -0.1) is 0 Å². The van der Waals surface area contributed by atoms with Gasteiger partial charge in [-0.05, 0) is 32.8 Å². The van der Waals surface area contributed by atoms with Crippen LogP contribution in [0.25, 0.3) is 0 Å². The number of hydrogen-bond donors (Lipinski definition) is 0. The van der Waals surface area contributed by atoms with Crippen LogP contribution < -0.4 is 4.74 Å². The summed E-state index contributed by atoms with van der Waals surface area (Å²) >= 11 is 0. The average Bonchev–Trinajstić information content (AvgIpc) is 2.49. The predicted molar refractivity (Wildman–Crippen MR) is 79.6 cm³/mol. The van der Waals surface area contributed by atoms with E-state index in [1.165, 1.54) is 0 Å². The van der Waals surface area contributed by atoms with Gasteiger partial charge in [0.2, 0.25) is 5.88 Å². The summed E-state index contributed by atoms with van der Waals surface area (Å²) < 4.78 is 5.72. The van der Waals surface area contributed by atoms with Crippen molar-refractivity contribution in [2.24, 2.45) is 0 Å². The summed E-state index contributed by atoms with van der Waals surface area (Å²) in [4.78, 5) is 29.1. The molecule has 114 valence electrons. The lowest BCUT2D eigenvalue weighted by Gasteiger charge is -2.27. The van der Waals surface area contributed by atoms with E-state index >= 15 is 0 Å².